The lowest BCUT2D eigenvalue weighted by molar-refractivity contribution is -0.138. The van der Waals surface area contributed by atoms with Gasteiger partial charge in [0.25, 0.3) is 0 Å². The Morgan fingerprint density at radius 1 is 1.37 bits per heavy atom. The van der Waals surface area contributed by atoms with Crippen molar-refractivity contribution in [2.45, 2.75) is 6.54 Å². The molecule has 1 aromatic heterocycles. The van der Waals surface area contributed by atoms with Crippen LogP contribution in [0.1, 0.15) is 11.3 Å². The van der Waals surface area contributed by atoms with Gasteiger partial charge >= 0.3 is 5.97 Å². The highest BCUT2D eigenvalue weighted by Crippen LogP contribution is 2.10. The van der Waals surface area contributed by atoms with Crippen molar-refractivity contribution in [1.29, 1.82) is 5.26 Å². The van der Waals surface area contributed by atoms with Crippen molar-refractivity contribution < 1.29 is 9.90 Å². The lowest BCUT2D eigenvalue weighted by Crippen LogP contribution is -2.47. The number of carboxylic acids is 1. The molecule has 1 fully saturated rings. The Morgan fingerprint density at radius 3 is 2.68 bits per heavy atom. The van der Waals surface area contributed by atoms with Gasteiger partial charge in [-0.1, -0.05) is 6.07 Å². The molecule has 1 aromatic rings. The molecule has 0 aliphatic carbocycles. The summed E-state index contributed by atoms with van der Waals surface area (Å²) in [5, 5.41) is 17.7. The molecule has 0 spiro atoms. The van der Waals surface area contributed by atoms with Crippen molar-refractivity contribution in [3.05, 3.63) is 29.6 Å². The molecule has 1 saturated heterocycles. The summed E-state index contributed by atoms with van der Waals surface area (Å²) in [6, 6.07) is 5.84. The van der Waals surface area contributed by atoms with E-state index in [4.69, 9.17) is 10.4 Å². The standard InChI is InChI=1S/C13H16N4O2/c14-8-12-11(2-1-3-15-12)9-16-4-6-17(7-5-16)10-13(18)19/h1-3H,4-7,9-10H2,(H,18,19). The molecule has 0 saturated carbocycles. The van der Waals surface area contributed by atoms with Crippen molar-refractivity contribution >= 4 is 5.97 Å². The molecule has 6 heteroatoms. The highest BCUT2D eigenvalue weighted by molar-refractivity contribution is 5.69. The van der Waals surface area contributed by atoms with Gasteiger partial charge in [0, 0.05) is 44.5 Å². The first-order valence-corrected chi connectivity index (χ1v) is 6.19. The van der Waals surface area contributed by atoms with Crippen molar-refractivity contribution in [2.24, 2.45) is 0 Å². The molecule has 0 radical (unpaired) electrons. The SMILES string of the molecule is N#Cc1ncccc1CN1CCN(CC(=O)O)CC1. The topological polar surface area (TPSA) is 80.5 Å². The van der Waals surface area contributed by atoms with E-state index in [1.807, 2.05) is 17.0 Å². The minimum absolute atomic E-state index is 0.101. The van der Waals surface area contributed by atoms with E-state index < -0.39 is 5.97 Å². The third-order valence-corrected chi connectivity index (χ3v) is 3.21. The zero-order chi connectivity index (χ0) is 13.7. The monoisotopic (exact) mass is 260 g/mol. The second-order valence-corrected chi connectivity index (χ2v) is 4.57. The third kappa shape index (κ3) is 3.74. The molecule has 2 heterocycles. The number of hydrogen-bond acceptors (Lipinski definition) is 5. The van der Waals surface area contributed by atoms with Gasteiger partial charge in [0.05, 0.1) is 6.54 Å². The fourth-order valence-corrected chi connectivity index (χ4v) is 2.20. The van der Waals surface area contributed by atoms with E-state index in [-0.39, 0.29) is 6.54 Å². The summed E-state index contributed by atoms with van der Waals surface area (Å²) in [4.78, 5) is 18.8. The fraction of sp³-hybridized carbons (Fsp3) is 0.462. The van der Waals surface area contributed by atoms with Crippen molar-refractivity contribution in [3.8, 4) is 6.07 Å². The summed E-state index contributed by atoms with van der Waals surface area (Å²) in [6.45, 7) is 3.91. The molecule has 0 unspecified atom stereocenters. The van der Waals surface area contributed by atoms with Gasteiger partial charge in [-0.2, -0.15) is 5.26 Å². The highest BCUT2D eigenvalue weighted by Gasteiger charge is 2.19. The Kier molecular flexibility index (Phi) is 4.44. The Morgan fingerprint density at radius 2 is 2.05 bits per heavy atom. The van der Waals surface area contributed by atoms with Crippen LogP contribution in [0.25, 0.3) is 0 Å². The van der Waals surface area contributed by atoms with E-state index in [0.717, 1.165) is 31.7 Å². The van der Waals surface area contributed by atoms with E-state index in [0.29, 0.717) is 12.2 Å². The summed E-state index contributed by atoms with van der Waals surface area (Å²) in [5.41, 5.74) is 1.40. The normalized spacial score (nSPS) is 17.0. The Bertz CT molecular complexity index is 490. The second-order valence-electron chi connectivity index (χ2n) is 4.57. The van der Waals surface area contributed by atoms with Gasteiger partial charge in [-0.05, 0) is 6.07 Å². The van der Waals surface area contributed by atoms with Gasteiger partial charge < -0.3 is 5.11 Å². The first-order chi connectivity index (χ1) is 9.19. The van der Waals surface area contributed by atoms with Crippen LogP contribution >= 0.6 is 0 Å². The maximum absolute atomic E-state index is 10.6. The molecule has 1 N–H and O–H groups in total. The minimum Gasteiger partial charge on any atom is -0.480 e. The average Bonchev–Trinajstić information content (AvgIpc) is 2.41. The van der Waals surface area contributed by atoms with Crippen LogP contribution in [0.15, 0.2) is 18.3 Å². The van der Waals surface area contributed by atoms with Crippen LogP contribution in [0.2, 0.25) is 0 Å². The number of rotatable bonds is 4. The van der Waals surface area contributed by atoms with E-state index in [9.17, 15) is 4.79 Å². The quantitative estimate of drug-likeness (QED) is 0.830. The fourth-order valence-electron chi connectivity index (χ4n) is 2.20. The smallest absolute Gasteiger partial charge is 0.317 e. The second kappa shape index (κ2) is 6.27. The Balaban J connectivity index is 1.89. The van der Waals surface area contributed by atoms with Gasteiger partial charge in [-0.25, -0.2) is 4.98 Å². The van der Waals surface area contributed by atoms with Crippen molar-refractivity contribution in [2.75, 3.05) is 32.7 Å². The van der Waals surface area contributed by atoms with Crippen molar-refractivity contribution in [3.63, 3.8) is 0 Å². The molecule has 0 bridgehead atoms. The van der Waals surface area contributed by atoms with Crippen LogP contribution in [0, 0.1) is 11.3 Å². The summed E-state index contributed by atoms with van der Waals surface area (Å²) >= 11 is 0. The lowest BCUT2D eigenvalue weighted by Gasteiger charge is -2.33. The zero-order valence-corrected chi connectivity index (χ0v) is 10.6. The van der Waals surface area contributed by atoms with Gasteiger partial charge in [0.1, 0.15) is 11.8 Å². The summed E-state index contributed by atoms with van der Waals surface area (Å²) in [6.07, 6.45) is 1.62. The van der Waals surface area contributed by atoms with Crippen LogP contribution in [0.3, 0.4) is 0 Å². The number of nitriles is 1. The first-order valence-electron chi connectivity index (χ1n) is 6.19. The summed E-state index contributed by atoms with van der Waals surface area (Å²) in [5.74, 6) is -0.785. The number of piperazine rings is 1. The predicted molar refractivity (Wildman–Crippen MR) is 68.3 cm³/mol. The van der Waals surface area contributed by atoms with Crippen LogP contribution in [0.5, 0.6) is 0 Å². The molecular formula is C13H16N4O2. The van der Waals surface area contributed by atoms with Gasteiger partial charge in [-0.3, -0.25) is 14.6 Å². The van der Waals surface area contributed by atoms with E-state index in [1.54, 1.807) is 6.20 Å². The van der Waals surface area contributed by atoms with E-state index in [1.165, 1.54) is 0 Å². The number of carboxylic acid groups (broad SMARTS) is 1. The Hall–Kier alpha value is -1.97. The molecule has 1 aliphatic rings. The molecule has 1 aliphatic heterocycles. The molecule has 6 nitrogen and oxygen atoms in total. The number of hydrogen-bond donors (Lipinski definition) is 1. The molecule has 0 amide bonds. The number of carbonyl (C=O) groups is 1. The maximum atomic E-state index is 10.6. The third-order valence-electron chi connectivity index (χ3n) is 3.21. The summed E-state index contributed by atoms with van der Waals surface area (Å²) < 4.78 is 0. The molecule has 19 heavy (non-hydrogen) atoms. The van der Waals surface area contributed by atoms with Crippen LogP contribution in [-0.2, 0) is 11.3 Å². The molecule has 2 rings (SSSR count). The lowest BCUT2D eigenvalue weighted by atomic mass is 10.1. The Labute approximate surface area is 111 Å². The van der Waals surface area contributed by atoms with Gasteiger partial charge in [0.2, 0.25) is 0 Å². The van der Waals surface area contributed by atoms with E-state index >= 15 is 0 Å². The van der Waals surface area contributed by atoms with Crippen molar-refractivity contribution in [1.82, 2.24) is 14.8 Å². The molecule has 0 aromatic carbocycles. The first kappa shape index (κ1) is 13.5. The number of aliphatic carboxylic acids is 1. The van der Waals surface area contributed by atoms with Gasteiger partial charge in [0.15, 0.2) is 0 Å². The molecule has 0 atom stereocenters. The minimum atomic E-state index is -0.785. The number of nitrogens with zero attached hydrogens (tertiary/aromatic N) is 4. The maximum Gasteiger partial charge on any atom is 0.317 e. The largest absolute Gasteiger partial charge is 0.480 e. The average molecular weight is 260 g/mol. The molecule has 100 valence electrons. The van der Waals surface area contributed by atoms with Crippen LogP contribution < -0.4 is 0 Å². The number of pyridine rings is 1. The van der Waals surface area contributed by atoms with Crippen LogP contribution in [-0.4, -0.2) is 58.6 Å². The number of aromatic nitrogens is 1. The van der Waals surface area contributed by atoms with Gasteiger partial charge in [-0.15, -0.1) is 0 Å². The predicted octanol–water partition coefficient (Wildman–Crippen LogP) is 0.155. The van der Waals surface area contributed by atoms with E-state index in [2.05, 4.69) is 16.0 Å². The summed E-state index contributed by atoms with van der Waals surface area (Å²) in [7, 11) is 0. The molecular weight excluding hydrogens is 244 g/mol. The zero-order valence-electron chi connectivity index (χ0n) is 10.6. The highest BCUT2D eigenvalue weighted by atomic mass is 16.4. The van der Waals surface area contributed by atoms with Crippen LogP contribution in [0.4, 0.5) is 0 Å².